The quantitative estimate of drug-likeness (QED) is 0.771. The van der Waals surface area contributed by atoms with Crippen LogP contribution in [0.2, 0.25) is 0 Å². The van der Waals surface area contributed by atoms with Gasteiger partial charge in [-0.2, -0.15) is 0 Å². The third-order valence-corrected chi connectivity index (χ3v) is 5.39. The summed E-state index contributed by atoms with van der Waals surface area (Å²) in [6.07, 6.45) is 3.87. The molecule has 2 N–H and O–H groups in total. The van der Waals surface area contributed by atoms with Crippen molar-refractivity contribution in [3.05, 3.63) is 76.7 Å². The number of nitrogens with zero attached hydrogens (tertiary/aromatic N) is 3. The van der Waals surface area contributed by atoms with Crippen LogP contribution in [0.25, 0.3) is 0 Å². The second-order valence-electron chi connectivity index (χ2n) is 7.40. The highest BCUT2D eigenvalue weighted by Gasteiger charge is 2.30. The fourth-order valence-electron chi connectivity index (χ4n) is 3.66. The van der Waals surface area contributed by atoms with Crippen molar-refractivity contribution in [2.75, 3.05) is 7.11 Å². The van der Waals surface area contributed by atoms with Crippen LogP contribution in [0.5, 0.6) is 5.75 Å². The van der Waals surface area contributed by atoms with Crippen LogP contribution in [0.1, 0.15) is 40.9 Å². The number of carbonyl (C=O) groups is 1. The molecule has 7 nitrogen and oxygen atoms in total. The van der Waals surface area contributed by atoms with Crippen LogP contribution in [-0.4, -0.2) is 36.0 Å². The number of oxime groups is 1. The molecule has 0 spiro atoms. The Morgan fingerprint density at radius 3 is 2.77 bits per heavy atom. The Labute approximate surface area is 179 Å². The molecule has 1 amide bonds. The summed E-state index contributed by atoms with van der Waals surface area (Å²) >= 11 is 0. The van der Waals surface area contributed by atoms with Crippen molar-refractivity contribution in [1.82, 2.24) is 4.90 Å². The topological polar surface area (TPSA) is 89.5 Å². The van der Waals surface area contributed by atoms with E-state index in [2.05, 4.69) is 15.0 Å². The molecular formula is C23H23FN4O3. The number of primary amides is 1. The van der Waals surface area contributed by atoms with Gasteiger partial charge in [-0.15, -0.1) is 0 Å². The third kappa shape index (κ3) is 4.28. The summed E-state index contributed by atoms with van der Waals surface area (Å²) in [5.41, 5.74) is 9.27. The highest BCUT2D eigenvalue weighted by atomic mass is 19.1. The first-order valence-electron chi connectivity index (χ1n) is 9.91. The lowest BCUT2D eigenvalue weighted by Gasteiger charge is -2.33. The minimum absolute atomic E-state index is 0.118. The van der Waals surface area contributed by atoms with Gasteiger partial charge in [0.15, 0.2) is 17.7 Å². The van der Waals surface area contributed by atoms with Gasteiger partial charge in [0, 0.05) is 24.7 Å². The van der Waals surface area contributed by atoms with E-state index in [9.17, 15) is 9.18 Å². The van der Waals surface area contributed by atoms with Crippen molar-refractivity contribution in [3.8, 4) is 5.75 Å². The van der Waals surface area contributed by atoms with Gasteiger partial charge in [0.05, 0.1) is 12.8 Å². The SMILES string of the molecule is COc1cc(CN2C(C3=NOC(c4ccc(C(N)=O)cc4)C3)=CC=NC2C)ccc1F. The number of allylic oxidation sites excluding steroid dienone is 2. The molecule has 0 aromatic heterocycles. The fraction of sp³-hybridized carbons (Fsp3) is 0.261. The van der Waals surface area contributed by atoms with E-state index in [1.54, 1.807) is 30.5 Å². The highest BCUT2D eigenvalue weighted by Crippen LogP contribution is 2.32. The van der Waals surface area contributed by atoms with Crippen LogP contribution in [0.3, 0.4) is 0 Å². The van der Waals surface area contributed by atoms with Gasteiger partial charge in [-0.25, -0.2) is 4.39 Å². The van der Waals surface area contributed by atoms with Crippen LogP contribution in [0.4, 0.5) is 4.39 Å². The zero-order chi connectivity index (χ0) is 22.0. The summed E-state index contributed by atoms with van der Waals surface area (Å²) in [4.78, 5) is 23.5. The van der Waals surface area contributed by atoms with Gasteiger partial charge in [-0.3, -0.25) is 9.79 Å². The molecule has 2 heterocycles. The standard InChI is InChI=1S/C23H23FN4O3/c1-14-26-10-9-20(28(14)13-15-3-8-18(24)22(11-15)30-2)19-12-21(31-27-19)16-4-6-17(7-5-16)23(25)29/h3-11,14,21H,12-13H2,1-2H3,(H2,25,29). The molecule has 0 fully saturated rings. The lowest BCUT2D eigenvalue weighted by atomic mass is 10.0. The zero-order valence-corrected chi connectivity index (χ0v) is 17.3. The Morgan fingerprint density at radius 2 is 2.06 bits per heavy atom. The van der Waals surface area contributed by atoms with Gasteiger partial charge in [0.25, 0.3) is 0 Å². The number of hydrogen-bond acceptors (Lipinski definition) is 6. The molecule has 4 rings (SSSR count). The molecule has 160 valence electrons. The van der Waals surface area contributed by atoms with Crippen LogP contribution in [-0.2, 0) is 11.4 Å². The number of benzene rings is 2. The van der Waals surface area contributed by atoms with E-state index in [4.69, 9.17) is 15.3 Å². The van der Waals surface area contributed by atoms with E-state index in [0.717, 1.165) is 22.5 Å². The maximum absolute atomic E-state index is 13.8. The average molecular weight is 422 g/mol. The Kier molecular flexibility index (Phi) is 5.70. The van der Waals surface area contributed by atoms with Gasteiger partial charge >= 0.3 is 0 Å². The highest BCUT2D eigenvalue weighted by molar-refractivity contribution is 6.03. The smallest absolute Gasteiger partial charge is 0.248 e. The summed E-state index contributed by atoms with van der Waals surface area (Å²) in [5.74, 6) is -0.660. The van der Waals surface area contributed by atoms with Gasteiger partial charge in [0.1, 0.15) is 11.9 Å². The number of hydrogen-bond donors (Lipinski definition) is 1. The molecule has 0 radical (unpaired) electrons. The molecule has 2 atom stereocenters. The van der Waals surface area contributed by atoms with Crippen molar-refractivity contribution in [1.29, 1.82) is 0 Å². The van der Waals surface area contributed by atoms with Crippen LogP contribution < -0.4 is 10.5 Å². The van der Waals surface area contributed by atoms with Crippen molar-refractivity contribution in [2.45, 2.75) is 32.2 Å². The lowest BCUT2D eigenvalue weighted by Crippen LogP contribution is -2.36. The summed E-state index contributed by atoms with van der Waals surface area (Å²) in [6, 6.07) is 11.8. The van der Waals surface area contributed by atoms with Crippen molar-refractivity contribution in [2.24, 2.45) is 15.9 Å². The molecule has 31 heavy (non-hydrogen) atoms. The number of nitrogens with two attached hydrogens (primary N) is 1. The van der Waals surface area contributed by atoms with E-state index in [-0.39, 0.29) is 18.0 Å². The average Bonchev–Trinajstić information content (AvgIpc) is 3.26. The number of ether oxygens (including phenoxy) is 1. The number of amides is 1. The molecule has 2 aliphatic heterocycles. The zero-order valence-electron chi connectivity index (χ0n) is 17.3. The molecule has 2 aromatic carbocycles. The Morgan fingerprint density at radius 1 is 1.29 bits per heavy atom. The number of aliphatic imine (C=N–C) groups is 1. The molecule has 2 aromatic rings. The molecule has 0 bridgehead atoms. The summed E-state index contributed by atoms with van der Waals surface area (Å²) in [6.45, 7) is 2.50. The molecule has 2 unspecified atom stereocenters. The number of halogens is 1. The molecule has 0 aliphatic carbocycles. The molecule has 0 saturated carbocycles. The van der Waals surface area contributed by atoms with E-state index >= 15 is 0 Å². The van der Waals surface area contributed by atoms with Crippen LogP contribution >= 0.6 is 0 Å². The number of carbonyl (C=O) groups excluding carboxylic acids is 1. The van der Waals surface area contributed by atoms with E-state index in [1.807, 2.05) is 25.1 Å². The minimum Gasteiger partial charge on any atom is -0.494 e. The summed E-state index contributed by atoms with van der Waals surface area (Å²) in [5, 5.41) is 4.32. The number of rotatable bonds is 6. The minimum atomic E-state index is -0.468. The van der Waals surface area contributed by atoms with Gasteiger partial charge in [-0.05, 0) is 48.4 Å². The second kappa shape index (κ2) is 8.59. The van der Waals surface area contributed by atoms with Crippen molar-refractivity contribution < 1.29 is 18.8 Å². The van der Waals surface area contributed by atoms with Crippen LogP contribution in [0.15, 0.2) is 64.4 Å². The molecule has 8 heteroatoms. The number of methoxy groups -OCH3 is 1. The normalized spacial score (nSPS) is 20.2. The van der Waals surface area contributed by atoms with Gasteiger partial charge < -0.3 is 20.2 Å². The predicted molar refractivity (Wildman–Crippen MR) is 115 cm³/mol. The van der Waals surface area contributed by atoms with Gasteiger partial charge in [0.2, 0.25) is 5.91 Å². The Hall–Kier alpha value is -3.68. The lowest BCUT2D eigenvalue weighted by molar-refractivity contribution is 0.0856. The first kappa shape index (κ1) is 20.6. The van der Waals surface area contributed by atoms with Crippen molar-refractivity contribution in [3.63, 3.8) is 0 Å². The monoisotopic (exact) mass is 422 g/mol. The van der Waals surface area contributed by atoms with Gasteiger partial charge in [-0.1, -0.05) is 23.4 Å². The molecule has 0 saturated heterocycles. The van der Waals surface area contributed by atoms with E-state index < -0.39 is 11.7 Å². The second-order valence-corrected chi connectivity index (χ2v) is 7.40. The molecule has 2 aliphatic rings. The largest absolute Gasteiger partial charge is 0.494 e. The van der Waals surface area contributed by atoms with E-state index in [0.29, 0.717) is 18.5 Å². The van der Waals surface area contributed by atoms with Crippen molar-refractivity contribution >= 4 is 17.8 Å². The van der Waals surface area contributed by atoms with E-state index in [1.165, 1.54) is 13.2 Å². The Bertz CT molecular complexity index is 1080. The first-order valence-corrected chi connectivity index (χ1v) is 9.91. The summed E-state index contributed by atoms with van der Waals surface area (Å²) < 4.78 is 18.9. The Balaban J connectivity index is 1.51. The molecular weight excluding hydrogens is 399 g/mol. The predicted octanol–water partition coefficient (Wildman–Crippen LogP) is 3.57. The summed E-state index contributed by atoms with van der Waals surface area (Å²) in [7, 11) is 1.45. The fourth-order valence-corrected chi connectivity index (χ4v) is 3.66. The third-order valence-electron chi connectivity index (χ3n) is 5.39. The first-order chi connectivity index (χ1) is 15.0. The maximum Gasteiger partial charge on any atom is 0.248 e. The van der Waals surface area contributed by atoms with Crippen LogP contribution in [0, 0.1) is 5.82 Å². The maximum atomic E-state index is 13.8.